The smallest absolute Gasteiger partial charge is 0.227 e. The molecule has 20 heavy (non-hydrogen) atoms. The number of rotatable bonds is 5. The van der Waals surface area contributed by atoms with Gasteiger partial charge in [-0.05, 0) is 43.2 Å². The Morgan fingerprint density at radius 1 is 1.25 bits per heavy atom. The van der Waals surface area contributed by atoms with Crippen molar-refractivity contribution >= 4 is 40.2 Å². The average Bonchev–Trinajstić information content (AvgIpc) is 3.20. The lowest BCUT2D eigenvalue weighted by atomic mass is 10.2. The first-order chi connectivity index (χ1) is 9.70. The number of benzene rings is 1. The minimum absolute atomic E-state index is 0.132. The second kappa shape index (κ2) is 5.85. The van der Waals surface area contributed by atoms with Crippen LogP contribution in [0.2, 0.25) is 4.34 Å². The predicted molar refractivity (Wildman–Crippen MR) is 84.5 cm³/mol. The minimum atomic E-state index is 0.132. The summed E-state index contributed by atoms with van der Waals surface area (Å²) in [7, 11) is 0. The second-order valence-electron chi connectivity index (χ2n) is 4.90. The molecule has 2 aromatic rings. The number of carbonyl (C=O) groups excluding carboxylic acids is 1. The Kier molecular flexibility index (Phi) is 3.94. The molecule has 1 fully saturated rings. The number of anilines is 2. The highest BCUT2D eigenvalue weighted by atomic mass is 35.5. The lowest BCUT2D eigenvalue weighted by molar-refractivity contribution is -0.117. The molecule has 1 heterocycles. The summed E-state index contributed by atoms with van der Waals surface area (Å²) in [5.74, 6) is 0.354. The van der Waals surface area contributed by atoms with Crippen LogP contribution in [-0.2, 0) is 11.3 Å². The van der Waals surface area contributed by atoms with Gasteiger partial charge in [-0.2, -0.15) is 0 Å². The summed E-state index contributed by atoms with van der Waals surface area (Å²) in [5, 5.41) is 6.28. The molecule has 1 aromatic carbocycles. The number of hydrogen-bond donors (Lipinski definition) is 2. The van der Waals surface area contributed by atoms with Gasteiger partial charge in [0.25, 0.3) is 0 Å². The Morgan fingerprint density at radius 2 is 2.05 bits per heavy atom. The summed E-state index contributed by atoms with van der Waals surface area (Å²) < 4.78 is 0.798. The normalized spacial score (nSPS) is 14.1. The van der Waals surface area contributed by atoms with Crippen LogP contribution in [0.1, 0.15) is 17.7 Å². The zero-order valence-corrected chi connectivity index (χ0v) is 12.4. The maximum Gasteiger partial charge on any atom is 0.227 e. The Labute approximate surface area is 127 Å². The molecule has 0 bridgehead atoms. The van der Waals surface area contributed by atoms with Crippen LogP contribution in [-0.4, -0.2) is 5.91 Å². The summed E-state index contributed by atoms with van der Waals surface area (Å²) in [6.07, 6.45) is 2.03. The number of carbonyl (C=O) groups is 1. The molecule has 2 N–H and O–H groups in total. The van der Waals surface area contributed by atoms with E-state index in [1.165, 1.54) is 4.88 Å². The molecule has 0 unspecified atom stereocenters. The molecule has 1 saturated carbocycles. The van der Waals surface area contributed by atoms with Gasteiger partial charge in [0.15, 0.2) is 0 Å². The number of nitrogens with one attached hydrogen (secondary N) is 2. The molecule has 1 aliphatic rings. The lowest BCUT2D eigenvalue weighted by Crippen LogP contribution is -2.13. The maximum absolute atomic E-state index is 11.7. The van der Waals surface area contributed by atoms with Crippen molar-refractivity contribution < 1.29 is 4.79 Å². The molecule has 0 aliphatic heterocycles. The van der Waals surface area contributed by atoms with Crippen molar-refractivity contribution in [3.63, 3.8) is 0 Å². The molecule has 1 aromatic heterocycles. The van der Waals surface area contributed by atoms with E-state index in [4.69, 9.17) is 11.6 Å². The molecule has 3 rings (SSSR count). The van der Waals surface area contributed by atoms with Crippen LogP contribution in [0.15, 0.2) is 36.4 Å². The van der Waals surface area contributed by atoms with E-state index in [-0.39, 0.29) is 11.8 Å². The Morgan fingerprint density at radius 3 is 2.75 bits per heavy atom. The zero-order valence-electron chi connectivity index (χ0n) is 10.9. The molecule has 0 radical (unpaired) electrons. The molecular formula is C15H15ClN2OS. The van der Waals surface area contributed by atoms with Crippen molar-refractivity contribution in [3.8, 4) is 0 Å². The van der Waals surface area contributed by atoms with Crippen LogP contribution in [0.25, 0.3) is 0 Å². The fourth-order valence-corrected chi connectivity index (χ4v) is 2.96. The Bertz CT molecular complexity index is 622. The SMILES string of the molecule is O=C(Nc1cccc(NCc2ccc(Cl)s2)c1)C1CC1. The topological polar surface area (TPSA) is 41.1 Å². The van der Waals surface area contributed by atoms with E-state index in [0.717, 1.165) is 35.1 Å². The van der Waals surface area contributed by atoms with E-state index < -0.39 is 0 Å². The van der Waals surface area contributed by atoms with Gasteiger partial charge in [-0.25, -0.2) is 0 Å². The van der Waals surface area contributed by atoms with E-state index in [0.29, 0.717) is 0 Å². The van der Waals surface area contributed by atoms with Gasteiger partial charge >= 0.3 is 0 Å². The van der Waals surface area contributed by atoms with Gasteiger partial charge in [0, 0.05) is 28.7 Å². The first kappa shape index (κ1) is 13.5. The molecule has 0 spiro atoms. The van der Waals surface area contributed by atoms with Crippen LogP contribution >= 0.6 is 22.9 Å². The highest BCUT2D eigenvalue weighted by Gasteiger charge is 2.29. The van der Waals surface area contributed by atoms with Gasteiger partial charge in [-0.1, -0.05) is 17.7 Å². The van der Waals surface area contributed by atoms with Crippen molar-refractivity contribution in [2.24, 2.45) is 5.92 Å². The average molecular weight is 307 g/mol. The van der Waals surface area contributed by atoms with Crippen LogP contribution in [0.5, 0.6) is 0 Å². The van der Waals surface area contributed by atoms with Gasteiger partial charge < -0.3 is 10.6 Å². The number of hydrogen-bond acceptors (Lipinski definition) is 3. The molecule has 0 saturated heterocycles. The van der Waals surface area contributed by atoms with Crippen LogP contribution in [0.3, 0.4) is 0 Å². The van der Waals surface area contributed by atoms with Crippen molar-refractivity contribution in [3.05, 3.63) is 45.6 Å². The third-order valence-electron chi connectivity index (χ3n) is 3.17. The van der Waals surface area contributed by atoms with Crippen LogP contribution in [0.4, 0.5) is 11.4 Å². The van der Waals surface area contributed by atoms with E-state index in [1.54, 1.807) is 11.3 Å². The van der Waals surface area contributed by atoms with Crippen LogP contribution in [0, 0.1) is 5.92 Å². The van der Waals surface area contributed by atoms with Crippen molar-refractivity contribution in [1.29, 1.82) is 0 Å². The standard InChI is InChI=1S/C15H15ClN2OS/c16-14-7-6-13(20-14)9-17-11-2-1-3-12(8-11)18-15(19)10-4-5-10/h1-3,6-8,10,17H,4-5,9H2,(H,18,19). The largest absolute Gasteiger partial charge is 0.380 e. The molecule has 3 nitrogen and oxygen atoms in total. The van der Waals surface area contributed by atoms with Crippen molar-refractivity contribution in [2.75, 3.05) is 10.6 Å². The van der Waals surface area contributed by atoms with E-state index in [9.17, 15) is 4.79 Å². The van der Waals surface area contributed by atoms with Gasteiger partial charge in [0.2, 0.25) is 5.91 Å². The van der Waals surface area contributed by atoms with Gasteiger partial charge in [0.05, 0.1) is 4.34 Å². The highest BCUT2D eigenvalue weighted by Crippen LogP contribution is 2.30. The zero-order chi connectivity index (χ0) is 13.9. The minimum Gasteiger partial charge on any atom is -0.380 e. The Balaban J connectivity index is 1.60. The molecule has 1 aliphatic carbocycles. The van der Waals surface area contributed by atoms with Crippen LogP contribution < -0.4 is 10.6 Å². The molecule has 1 amide bonds. The summed E-state index contributed by atoms with van der Waals surface area (Å²) in [6, 6.07) is 11.7. The van der Waals surface area contributed by atoms with E-state index in [2.05, 4.69) is 10.6 Å². The summed E-state index contributed by atoms with van der Waals surface area (Å²) >= 11 is 7.47. The maximum atomic E-state index is 11.7. The molecule has 0 atom stereocenters. The first-order valence-corrected chi connectivity index (χ1v) is 7.79. The third kappa shape index (κ3) is 3.52. The van der Waals surface area contributed by atoms with Crippen molar-refractivity contribution in [1.82, 2.24) is 0 Å². The summed E-state index contributed by atoms with van der Waals surface area (Å²) in [6.45, 7) is 0.734. The number of amides is 1. The highest BCUT2D eigenvalue weighted by molar-refractivity contribution is 7.16. The quantitative estimate of drug-likeness (QED) is 0.861. The number of halogens is 1. The number of thiophene rings is 1. The van der Waals surface area contributed by atoms with Gasteiger partial charge in [-0.15, -0.1) is 11.3 Å². The Hall–Kier alpha value is -1.52. The fourth-order valence-electron chi connectivity index (χ4n) is 1.93. The third-order valence-corrected chi connectivity index (χ3v) is 4.40. The van der Waals surface area contributed by atoms with E-state index in [1.807, 2.05) is 36.4 Å². The molecule has 104 valence electrons. The first-order valence-electron chi connectivity index (χ1n) is 6.60. The van der Waals surface area contributed by atoms with Gasteiger partial charge in [-0.3, -0.25) is 4.79 Å². The fraction of sp³-hybridized carbons (Fsp3) is 0.267. The molecular weight excluding hydrogens is 292 g/mol. The predicted octanol–water partition coefficient (Wildman–Crippen LogP) is 4.36. The van der Waals surface area contributed by atoms with Gasteiger partial charge in [0.1, 0.15) is 0 Å². The van der Waals surface area contributed by atoms with E-state index >= 15 is 0 Å². The van der Waals surface area contributed by atoms with Crippen molar-refractivity contribution in [2.45, 2.75) is 19.4 Å². The lowest BCUT2D eigenvalue weighted by Gasteiger charge is -2.08. The second-order valence-corrected chi connectivity index (χ2v) is 6.70. The summed E-state index contributed by atoms with van der Waals surface area (Å²) in [5.41, 5.74) is 1.83. The molecule has 5 heteroatoms. The monoisotopic (exact) mass is 306 g/mol. The summed E-state index contributed by atoms with van der Waals surface area (Å²) in [4.78, 5) is 12.9.